The maximum atomic E-state index is 11.0. The van der Waals surface area contributed by atoms with Crippen molar-refractivity contribution in [1.29, 1.82) is 0 Å². The number of esters is 1. The van der Waals surface area contributed by atoms with Crippen LogP contribution < -0.4 is 0 Å². The molecule has 0 atom stereocenters. The molecule has 0 radical (unpaired) electrons. The Labute approximate surface area is 95.4 Å². The molecule has 74 valence electrons. The highest BCUT2D eigenvalue weighted by Crippen LogP contribution is 2.34. The molecule has 1 aromatic heterocycles. The van der Waals surface area contributed by atoms with Crippen LogP contribution in [0.3, 0.4) is 0 Å². The van der Waals surface area contributed by atoms with E-state index in [1.807, 2.05) is 0 Å². The van der Waals surface area contributed by atoms with E-state index >= 15 is 0 Å². The van der Waals surface area contributed by atoms with Crippen molar-refractivity contribution >= 4 is 51.3 Å². The van der Waals surface area contributed by atoms with Crippen molar-refractivity contribution in [1.82, 2.24) is 0 Å². The summed E-state index contributed by atoms with van der Waals surface area (Å²) in [5.74, 6) is -0.355. The highest BCUT2D eigenvalue weighted by Gasteiger charge is 2.13. The van der Waals surface area contributed by atoms with E-state index in [0.717, 1.165) is 0 Å². The molecule has 0 saturated heterocycles. The predicted molar refractivity (Wildman–Crippen MR) is 59.7 cm³/mol. The second-order valence-corrected chi connectivity index (χ2v) is 3.77. The summed E-state index contributed by atoms with van der Waals surface area (Å²) in [5.41, 5.74) is 0.640. The summed E-state index contributed by atoms with van der Waals surface area (Å²) >= 11 is 11.7. The lowest BCUT2D eigenvalue weighted by atomic mass is 10.2. The van der Waals surface area contributed by atoms with Crippen LogP contribution in [0.25, 0.3) is 0 Å². The second-order valence-electron chi connectivity index (χ2n) is 2.32. The zero-order chi connectivity index (χ0) is 10.6. The Bertz CT molecular complexity index is 396. The number of thiocarbonyl (C=S) groups is 1. The molecule has 0 aliphatic heterocycles. The summed E-state index contributed by atoms with van der Waals surface area (Å²) in [7, 11) is 1.32. The van der Waals surface area contributed by atoms with Crippen LogP contribution in [0.2, 0.25) is 5.02 Å². The maximum absolute atomic E-state index is 11.0. The number of carbonyl (C=O) groups excluding carboxylic acids is 1. The SMILES string of the molecule is COC(=O)Cc1c(Cl)csc1N=C=S. The van der Waals surface area contributed by atoms with Gasteiger partial charge in [0.25, 0.3) is 0 Å². The highest BCUT2D eigenvalue weighted by molar-refractivity contribution is 7.78. The number of thiophene rings is 1. The van der Waals surface area contributed by atoms with Gasteiger partial charge in [-0.1, -0.05) is 11.6 Å². The largest absolute Gasteiger partial charge is 0.469 e. The van der Waals surface area contributed by atoms with Gasteiger partial charge in [-0.05, 0) is 12.2 Å². The third-order valence-electron chi connectivity index (χ3n) is 1.52. The first-order valence-electron chi connectivity index (χ1n) is 3.59. The van der Waals surface area contributed by atoms with Crippen LogP contribution in [0.5, 0.6) is 0 Å². The number of carbonyl (C=O) groups is 1. The average Bonchev–Trinajstić information content (AvgIpc) is 2.50. The van der Waals surface area contributed by atoms with Crippen LogP contribution in [0.4, 0.5) is 5.00 Å². The number of isothiocyanates is 1. The minimum atomic E-state index is -0.355. The topological polar surface area (TPSA) is 38.7 Å². The van der Waals surface area contributed by atoms with Crippen molar-refractivity contribution < 1.29 is 9.53 Å². The maximum Gasteiger partial charge on any atom is 0.310 e. The number of rotatable bonds is 3. The van der Waals surface area contributed by atoms with Crippen molar-refractivity contribution in [2.75, 3.05) is 7.11 Å². The number of nitrogens with zero attached hydrogens (tertiary/aromatic N) is 1. The molecule has 6 heteroatoms. The molecule has 0 aliphatic rings. The smallest absolute Gasteiger partial charge is 0.310 e. The number of halogens is 1. The molecule has 0 bridgehead atoms. The van der Waals surface area contributed by atoms with E-state index in [9.17, 15) is 4.79 Å². The minimum Gasteiger partial charge on any atom is -0.469 e. The van der Waals surface area contributed by atoms with Crippen LogP contribution in [-0.4, -0.2) is 18.2 Å². The summed E-state index contributed by atoms with van der Waals surface area (Å²) in [4.78, 5) is 14.8. The number of methoxy groups -OCH3 is 1. The molecule has 1 rings (SSSR count). The Morgan fingerprint density at radius 1 is 1.86 bits per heavy atom. The van der Waals surface area contributed by atoms with Gasteiger partial charge in [0, 0.05) is 10.9 Å². The fourth-order valence-electron chi connectivity index (χ4n) is 0.864. The lowest BCUT2D eigenvalue weighted by molar-refractivity contribution is -0.139. The van der Waals surface area contributed by atoms with Crippen LogP contribution in [0.1, 0.15) is 5.56 Å². The van der Waals surface area contributed by atoms with Gasteiger partial charge in [0.15, 0.2) is 0 Å². The Hall–Kier alpha value is -0.740. The van der Waals surface area contributed by atoms with Gasteiger partial charge in [-0.3, -0.25) is 4.79 Å². The van der Waals surface area contributed by atoms with Crippen LogP contribution in [0.15, 0.2) is 10.4 Å². The Kier molecular flexibility index (Phi) is 4.22. The van der Waals surface area contributed by atoms with Crippen molar-refractivity contribution in [3.05, 3.63) is 16.0 Å². The molecule has 0 fully saturated rings. The van der Waals surface area contributed by atoms with Gasteiger partial charge in [0.05, 0.1) is 23.7 Å². The van der Waals surface area contributed by atoms with E-state index in [-0.39, 0.29) is 12.4 Å². The number of hydrogen-bond acceptors (Lipinski definition) is 5. The summed E-state index contributed by atoms with van der Waals surface area (Å²) in [6.45, 7) is 0. The van der Waals surface area contributed by atoms with Gasteiger partial charge in [-0.15, -0.1) is 11.3 Å². The molecule has 0 saturated carbocycles. The molecular formula is C8H6ClNO2S2. The van der Waals surface area contributed by atoms with Gasteiger partial charge in [-0.2, -0.15) is 4.99 Å². The van der Waals surface area contributed by atoms with E-state index in [2.05, 4.69) is 27.1 Å². The Morgan fingerprint density at radius 2 is 2.57 bits per heavy atom. The fraction of sp³-hybridized carbons (Fsp3) is 0.250. The fourth-order valence-corrected chi connectivity index (χ4v) is 2.14. The first kappa shape index (κ1) is 11.3. The molecular weight excluding hydrogens is 242 g/mol. The normalized spacial score (nSPS) is 9.29. The van der Waals surface area contributed by atoms with Crippen LogP contribution in [0, 0.1) is 0 Å². The molecule has 3 nitrogen and oxygen atoms in total. The third kappa shape index (κ3) is 2.62. The average molecular weight is 248 g/mol. The van der Waals surface area contributed by atoms with Crippen molar-refractivity contribution in [2.45, 2.75) is 6.42 Å². The predicted octanol–water partition coefficient (Wildman–Crippen LogP) is 2.85. The molecule has 0 unspecified atom stereocenters. The van der Waals surface area contributed by atoms with Gasteiger partial charge < -0.3 is 4.74 Å². The van der Waals surface area contributed by atoms with E-state index in [4.69, 9.17) is 11.6 Å². The number of aliphatic imine (C=N–C) groups is 1. The quantitative estimate of drug-likeness (QED) is 0.468. The Balaban J connectivity index is 2.98. The molecule has 1 heterocycles. The van der Waals surface area contributed by atoms with Gasteiger partial charge >= 0.3 is 5.97 Å². The third-order valence-corrected chi connectivity index (χ3v) is 2.99. The number of hydrogen-bond donors (Lipinski definition) is 0. The van der Waals surface area contributed by atoms with Crippen LogP contribution >= 0.6 is 35.2 Å². The van der Waals surface area contributed by atoms with E-state index in [1.165, 1.54) is 18.4 Å². The standard InChI is InChI=1S/C8H6ClNO2S2/c1-12-7(11)2-5-6(9)3-14-8(5)10-4-13/h3H,2H2,1H3. The zero-order valence-electron chi connectivity index (χ0n) is 7.24. The second kappa shape index (κ2) is 5.22. The first-order chi connectivity index (χ1) is 6.69. The highest BCUT2D eigenvalue weighted by atomic mass is 35.5. The van der Waals surface area contributed by atoms with E-state index < -0.39 is 0 Å². The first-order valence-corrected chi connectivity index (χ1v) is 5.26. The lowest BCUT2D eigenvalue weighted by Gasteiger charge is -1.98. The van der Waals surface area contributed by atoms with Gasteiger partial charge in [-0.25, -0.2) is 0 Å². The Morgan fingerprint density at radius 3 is 3.14 bits per heavy atom. The lowest BCUT2D eigenvalue weighted by Crippen LogP contribution is -2.03. The molecule has 0 aliphatic carbocycles. The van der Waals surface area contributed by atoms with Crippen molar-refractivity contribution in [3.63, 3.8) is 0 Å². The van der Waals surface area contributed by atoms with Crippen molar-refractivity contribution in [2.24, 2.45) is 4.99 Å². The van der Waals surface area contributed by atoms with Gasteiger partial charge in [0.2, 0.25) is 0 Å². The molecule has 1 aromatic rings. The molecule has 0 aromatic carbocycles. The molecule has 14 heavy (non-hydrogen) atoms. The zero-order valence-corrected chi connectivity index (χ0v) is 9.63. The molecule has 0 amide bonds. The summed E-state index contributed by atoms with van der Waals surface area (Å²) < 4.78 is 4.53. The van der Waals surface area contributed by atoms with E-state index in [0.29, 0.717) is 15.6 Å². The summed E-state index contributed by atoms with van der Waals surface area (Å²) in [6.07, 6.45) is 0.106. The van der Waals surface area contributed by atoms with Crippen molar-refractivity contribution in [3.8, 4) is 0 Å². The van der Waals surface area contributed by atoms with Gasteiger partial charge in [0.1, 0.15) is 5.00 Å². The monoisotopic (exact) mass is 247 g/mol. The number of ether oxygens (including phenoxy) is 1. The molecule has 0 spiro atoms. The summed E-state index contributed by atoms with van der Waals surface area (Å²) in [5, 5.41) is 5.05. The molecule has 0 N–H and O–H groups in total. The van der Waals surface area contributed by atoms with Crippen LogP contribution in [-0.2, 0) is 16.0 Å². The van der Waals surface area contributed by atoms with E-state index in [1.54, 1.807) is 5.38 Å². The summed E-state index contributed by atoms with van der Waals surface area (Å²) in [6, 6.07) is 0. The minimum absolute atomic E-state index is 0.106.